The molecule has 6 heteroatoms. The van der Waals surface area contributed by atoms with Crippen molar-refractivity contribution >= 4 is 29.0 Å². The average Bonchev–Trinajstić information content (AvgIpc) is 2.95. The first kappa shape index (κ1) is 22.2. The van der Waals surface area contributed by atoms with Gasteiger partial charge >= 0.3 is 0 Å². The number of hydrogen-bond donors (Lipinski definition) is 1. The van der Waals surface area contributed by atoms with Gasteiger partial charge in [0.15, 0.2) is 11.4 Å². The van der Waals surface area contributed by atoms with Crippen LogP contribution in [0.25, 0.3) is 0 Å². The van der Waals surface area contributed by atoms with Gasteiger partial charge in [0, 0.05) is 21.7 Å². The Morgan fingerprint density at radius 3 is 2.44 bits per heavy atom. The molecular weight excluding hydrogens is 429 g/mol. The minimum absolute atomic E-state index is 0.151. The molecule has 1 aliphatic rings. The van der Waals surface area contributed by atoms with E-state index in [9.17, 15) is 19.1 Å². The molecular formula is C26H23ClFNO3. The molecule has 3 aromatic carbocycles. The first-order chi connectivity index (χ1) is 15.1. The fourth-order valence-corrected chi connectivity index (χ4v) is 4.49. The molecule has 4 rings (SSSR count). The number of carbonyl (C=O) groups is 2. The van der Waals surface area contributed by atoms with Crippen LogP contribution in [0.5, 0.6) is 0 Å². The number of carbonyl (C=O) groups excluding carboxylic acids is 2. The molecule has 0 aromatic heterocycles. The normalized spacial score (nSPS) is 17.6. The van der Waals surface area contributed by atoms with Crippen molar-refractivity contribution in [2.75, 3.05) is 4.90 Å². The smallest absolute Gasteiger partial charge is 0.264 e. The first-order valence-corrected chi connectivity index (χ1v) is 10.7. The lowest BCUT2D eigenvalue weighted by molar-refractivity contribution is -0.136. The zero-order valence-electron chi connectivity index (χ0n) is 18.1. The third-order valence-electron chi connectivity index (χ3n) is 6.17. The molecule has 0 fully saturated rings. The molecule has 1 heterocycles. The lowest BCUT2D eigenvalue weighted by atomic mass is 9.86. The first-order valence-electron chi connectivity index (χ1n) is 10.3. The van der Waals surface area contributed by atoms with Gasteiger partial charge in [0.1, 0.15) is 5.82 Å². The lowest BCUT2D eigenvalue weighted by Gasteiger charge is -2.23. The molecule has 0 saturated carbocycles. The fourth-order valence-electron chi connectivity index (χ4n) is 4.26. The summed E-state index contributed by atoms with van der Waals surface area (Å²) in [6, 6.07) is 14.7. The average molecular weight is 452 g/mol. The van der Waals surface area contributed by atoms with Crippen molar-refractivity contribution in [3.63, 3.8) is 0 Å². The number of para-hydroxylation sites is 1. The summed E-state index contributed by atoms with van der Waals surface area (Å²) in [6.07, 6.45) is -0.409. The molecule has 1 amide bonds. The zero-order valence-corrected chi connectivity index (χ0v) is 18.8. The van der Waals surface area contributed by atoms with Crippen LogP contribution in [0.3, 0.4) is 0 Å². The highest BCUT2D eigenvalue weighted by Gasteiger charge is 2.51. The summed E-state index contributed by atoms with van der Waals surface area (Å²) in [4.78, 5) is 27.9. The number of ketones is 1. The Morgan fingerprint density at radius 1 is 1.03 bits per heavy atom. The van der Waals surface area contributed by atoms with E-state index in [-0.39, 0.29) is 22.9 Å². The Labute approximate surface area is 191 Å². The number of aryl methyl sites for hydroxylation is 3. The number of rotatable bonds is 5. The van der Waals surface area contributed by atoms with Gasteiger partial charge in [-0.25, -0.2) is 4.39 Å². The molecule has 1 unspecified atom stereocenters. The van der Waals surface area contributed by atoms with Crippen LogP contribution < -0.4 is 4.90 Å². The SMILES string of the molecule is Cc1cc(C)c(C(=O)CC2(O)C(=O)N(Cc3c(F)cccc3Cl)c3ccccc32)cc1C. The molecule has 1 aliphatic heterocycles. The fraction of sp³-hybridized carbons (Fsp3) is 0.231. The van der Waals surface area contributed by atoms with Crippen molar-refractivity contribution < 1.29 is 19.1 Å². The van der Waals surface area contributed by atoms with Gasteiger partial charge in [-0.15, -0.1) is 0 Å². The molecule has 0 saturated heterocycles. The number of benzene rings is 3. The summed E-state index contributed by atoms with van der Waals surface area (Å²) in [7, 11) is 0. The second-order valence-corrected chi connectivity index (χ2v) is 8.73. The molecule has 0 radical (unpaired) electrons. The molecule has 1 atom stereocenters. The molecule has 4 nitrogen and oxygen atoms in total. The minimum Gasteiger partial charge on any atom is -0.375 e. The van der Waals surface area contributed by atoms with Crippen LogP contribution in [0, 0.1) is 26.6 Å². The quantitative estimate of drug-likeness (QED) is 0.527. The maximum Gasteiger partial charge on any atom is 0.264 e. The van der Waals surface area contributed by atoms with Crippen molar-refractivity contribution in [1.29, 1.82) is 0 Å². The molecule has 164 valence electrons. The summed E-state index contributed by atoms with van der Waals surface area (Å²) in [5, 5.41) is 11.7. The Kier molecular flexibility index (Phi) is 5.65. The Balaban J connectivity index is 1.73. The molecule has 0 aliphatic carbocycles. The van der Waals surface area contributed by atoms with Crippen LogP contribution in [0.15, 0.2) is 54.6 Å². The van der Waals surface area contributed by atoms with E-state index in [1.165, 1.54) is 17.0 Å². The molecule has 3 aromatic rings. The molecule has 32 heavy (non-hydrogen) atoms. The number of anilines is 1. The number of aliphatic hydroxyl groups is 1. The van der Waals surface area contributed by atoms with Gasteiger partial charge in [-0.2, -0.15) is 0 Å². The summed E-state index contributed by atoms with van der Waals surface area (Å²) in [6.45, 7) is 5.56. The van der Waals surface area contributed by atoms with E-state index in [0.717, 1.165) is 16.7 Å². The van der Waals surface area contributed by atoms with Crippen molar-refractivity contribution in [2.24, 2.45) is 0 Å². The van der Waals surface area contributed by atoms with Crippen molar-refractivity contribution in [3.05, 3.63) is 98.8 Å². The van der Waals surface area contributed by atoms with Crippen LogP contribution in [-0.4, -0.2) is 16.8 Å². The highest BCUT2D eigenvalue weighted by atomic mass is 35.5. The van der Waals surface area contributed by atoms with E-state index in [2.05, 4.69) is 0 Å². The third kappa shape index (κ3) is 3.61. The Hall–Kier alpha value is -3.02. The highest BCUT2D eigenvalue weighted by molar-refractivity contribution is 6.31. The number of nitrogens with zero attached hydrogens (tertiary/aromatic N) is 1. The third-order valence-corrected chi connectivity index (χ3v) is 6.53. The highest BCUT2D eigenvalue weighted by Crippen LogP contribution is 2.44. The molecule has 0 spiro atoms. The van der Waals surface area contributed by atoms with Crippen molar-refractivity contribution in [1.82, 2.24) is 0 Å². The number of hydrogen-bond acceptors (Lipinski definition) is 3. The van der Waals surface area contributed by atoms with E-state index >= 15 is 0 Å². The van der Waals surface area contributed by atoms with Crippen LogP contribution in [-0.2, 0) is 16.9 Å². The second-order valence-electron chi connectivity index (χ2n) is 8.32. The van der Waals surface area contributed by atoms with Crippen LogP contribution in [0.1, 0.15) is 44.6 Å². The second kappa shape index (κ2) is 8.15. The van der Waals surface area contributed by atoms with Gasteiger partial charge in [-0.1, -0.05) is 41.9 Å². The summed E-state index contributed by atoms with van der Waals surface area (Å²) in [5.41, 5.74) is 2.15. The number of fused-ring (bicyclic) bond motifs is 1. The standard InChI is InChI=1S/C26H23ClFNO3/c1-15-11-17(3)18(12-16(15)2)24(30)13-26(32)20-7-4-5-10-23(20)29(25(26)31)14-19-21(27)8-6-9-22(19)28/h4-12,32H,13-14H2,1-3H3. The van der Waals surface area contributed by atoms with E-state index in [4.69, 9.17) is 11.6 Å². The van der Waals surface area contributed by atoms with E-state index in [0.29, 0.717) is 16.8 Å². The van der Waals surface area contributed by atoms with Crippen molar-refractivity contribution in [3.8, 4) is 0 Å². The van der Waals surface area contributed by atoms with Crippen LogP contribution in [0.4, 0.5) is 10.1 Å². The van der Waals surface area contributed by atoms with Gasteiger partial charge in [0.05, 0.1) is 18.7 Å². The Bertz CT molecular complexity index is 1240. The number of Topliss-reactive ketones (excluding diaryl/α,β-unsaturated/α-hetero) is 1. The van der Waals surface area contributed by atoms with Gasteiger partial charge < -0.3 is 10.0 Å². The zero-order chi connectivity index (χ0) is 23.2. The minimum atomic E-state index is -2.04. The van der Waals surface area contributed by atoms with E-state index < -0.39 is 23.7 Å². The number of halogens is 2. The maximum atomic E-state index is 14.4. The predicted molar refractivity (Wildman–Crippen MR) is 123 cm³/mol. The van der Waals surface area contributed by atoms with E-state index in [1.54, 1.807) is 36.4 Å². The van der Waals surface area contributed by atoms with Crippen LogP contribution >= 0.6 is 11.6 Å². The number of amides is 1. The van der Waals surface area contributed by atoms with Gasteiger partial charge in [-0.3, -0.25) is 9.59 Å². The van der Waals surface area contributed by atoms with Gasteiger partial charge in [-0.05, 0) is 61.7 Å². The van der Waals surface area contributed by atoms with Crippen molar-refractivity contribution in [2.45, 2.75) is 39.3 Å². The molecule has 0 bridgehead atoms. The monoisotopic (exact) mass is 451 g/mol. The van der Waals surface area contributed by atoms with Crippen LogP contribution in [0.2, 0.25) is 5.02 Å². The Morgan fingerprint density at radius 2 is 1.72 bits per heavy atom. The van der Waals surface area contributed by atoms with Gasteiger partial charge in [0.25, 0.3) is 5.91 Å². The summed E-state index contributed by atoms with van der Waals surface area (Å²) in [5.74, 6) is -1.55. The van der Waals surface area contributed by atoms with E-state index in [1.807, 2.05) is 26.8 Å². The largest absolute Gasteiger partial charge is 0.375 e. The maximum absolute atomic E-state index is 14.4. The lowest BCUT2D eigenvalue weighted by Crippen LogP contribution is -2.41. The predicted octanol–water partition coefficient (Wildman–Crippen LogP) is 5.41. The van der Waals surface area contributed by atoms with Gasteiger partial charge in [0.2, 0.25) is 0 Å². The molecule has 1 N–H and O–H groups in total. The topological polar surface area (TPSA) is 57.6 Å². The summed E-state index contributed by atoms with van der Waals surface area (Å²) < 4.78 is 14.4. The summed E-state index contributed by atoms with van der Waals surface area (Å²) >= 11 is 6.17.